The van der Waals surface area contributed by atoms with E-state index in [0.717, 1.165) is 46.7 Å². The Morgan fingerprint density at radius 1 is 1.00 bits per heavy atom. The van der Waals surface area contributed by atoms with E-state index < -0.39 is 0 Å². The first kappa shape index (κ1) is 25.3. The molecule has 1 aliphatic heterocycles. The topological polar surface area (TPSA) is 45.1 Å². The number of benzene rings is 2. The molecule has 0 bridgehead atoms. The molecule has 0 aliphatic carbocycles. The van der Waals surface area contributed by atoms with Crippen LogP contribution in [0.5, 0.6) is 0 Å². The van der Waals surface area contributed by atoms with E-state index in [9.17, 15) is 0 Å². The molecule has 5 nitrogen and oxygen atoms in total. The average Bonchev–Trinajstić information content (AvgIpc) is 3.39. The van der Waals surface area contributed by atoms with Crippen molar-refractivity contribution in [2.45, 2.75) is 39.3 Å². The zero-order valence-corrected chi connectivity index (χ0v) is 23.0. The Balaban J connectivity index is 1.48. The number of aromatic nitrogens is 2. The molecule has 1 aliphatic rings. The van der Waals surface area contributed by atoms with Gasteiger partial charge in [0, 0.05) is 47.1 Å². The van der Waals surface area contributed by atoms with Gasteiger partial charge in [0.15, 0.2) is 5.11 Å². The van der Waals surface area contributed by atoms with Gasteiger partial charge < -0.3 is 20.1 Å². The van der Waals surface area contributed by atoms with Crippen LogP contribution in [-0.4, -0.2) is 32.7 Å². The third-order valence-electron chi connectivity index (χ3n) is 7.08. The second-order valence-electron chi connectivity index (χ2n) is 9.56. The molecule has 0 amide bonds. The smallest absolute Gasteiger partial charge is 0.170 e. The zero-order chi connectivity index (χ0) is 25.9. The molecule has 5 rings (SSSR count). The van der Waals surface area contributed by atoms with Crippen molar-refractivity contribution in [3.05, 3.63) is 112 Å². The van der Waals surface area contributed by atoms with Gasteiger partial charge in [-0.25, -0.2) is 0 Å². The van der Waals surface area contributed by atoms with Crippen LogP contribution >= 0.6 is 23.8 Å². The molecule has 0 unspecified atom stereocenters. The largest absolute Gasteiger partial charge is 0.385 e. The number of aryl methyl sites for hydroxylation is 2. The lowest BCUT2D eigenvalue weighted by Crippen LogP contribution is -2.31. The quantitative estimate of drug-likeness (QED) is 0.191. The second-order valence-corrected chi connectivity index (χ2v) is 10.4. The van der Waals surface area contributed by atoms with Gasteiger partial charge in [0.2, 0.25) is 0 Å². The van der Waals surface area contributed by atoms with Crippen LogP contribution in [0.1, 0.15) is 46.7 Å². The minimum Gasteiger partial charge on any atom is -0.385 e. The van der Waals surface area contributed by atoms with Gasteiger partial charge >= 0.3 is 0 Å². The van der Waals surface area contributed by atoms with Gasteiger partial charge in [0.05, 0.1) is 17.8 Å². The summed E-state index contributed by atoms with van der Waals surface area (Å²) in [5, 5.41) is 8.61. The highest BCUT2D eigenvalue weighted by atomic mass is 35.5. The van der Waals surface area contributed by atoms with Crippen molar-refractivity contribution >= 4 is 34.6 Å². The second kappa shape index (κ2) is 11.0. The SMILES string of the molecule is Cc1ccc(Cl)cc1-n1c(C)cc([C@H]2[C@@H](c3ccccn3)NC(=S)N2CCCNc2ccccc2)c1C. The molecule has 37 heavy (non-hydrogen) atoms. The van der Waals surface area contributed by atoms with E-state index in [1.165, 1.54) is 22.5 Å². The number of pyridine rings is 1. The van der Waals surface area contributed by atoms with Crippen molar-refractivity contribution in [1.29, 1.82) is 0 Å². The highest BCUT2D eigenvalue weighted by Crippen LogP contribution is 2.41. The van der Waals surface area contributed by atoms with Gasteiger partial charge in [-0.15, -0.1) is 0 Å². The number of para-hydroxylation sites is 1. The number of nitrogens with zero attached hydrogens (tertiary/aromatic N) is 3. The highest BCUT2D eigenvalue weighted by molar-refractivity contribution is 7.80. The van der Waals surface area contributed by atoms with E-state index in [0.29, 0.717) is 0 Å². The summed E-state index contributed by atoms with van der Waals surface area (Å²) in [6.45, 7) is 8.17. The summed E-state index contributed by atoms with van der Waals surface area (Å²) in [7, 11) is 0. The number of anilines is 1. The van der Waals surface area contributed by atoms with E-state index in [1.54, 1.807) is 0 Å². The average molecular weight is 530 g/mol. The van der Waals surface area contributed by atoms with Crippen molar-refractivity contribution in [3.63, 3.8) is 0 Å². The Labute approximate surface area is 229 Å². The normalized spacial score (nSPS) is 17.2. The first-order valence-electron chi connectivity index (χ1n) is 12.7. The lowest BCUT2D eigenvalue weighted by Gasteiger charge is -2.28. The van der Waals surface area contributed by atoms with E-state index in [1.807, 2.05) is 48.7 Å². The van der Waals surface area contributed by atoms with Gasteiger partial charge in [-0.05, 0) is 93.0 Å². The Morgan fingerprint density at radius 3 is 2.54 bits per heavy atom. The van der Waals surface area contributed by atoms with E-state index >= 15 is 0 Å². The Hall–Kier alpha value is -3.35. The highest BCUT2D eigenvalue weighted by Gasteiger charge is 2.41. The minimum atomic E-state index is -0.0369. The Morgan fingerprint density at radius 2 is 1.78 bits per heavy atom. The van der Waals surface area contributed by atoms with Crippen molar-refractivity contribution < 1.29 is 0 Å². The maximum absolute atomic E-state index is 6.40. The van der Waals surface area contributed by atoms with Crippen LogP contribution in [0.25, 0.3) is 5.69 Å². The fourth-order valence-electron chi connectivity index (χ4n) is 5.30. The first-order chi connectivity index (χ1) is 17.9. The Bertz CT molecular complexity index is 1390. The fourth-order valence-corrected chi connectivity index (χ4v) is 5.80. The van der Waals surface area contributed by atoms with Crippen LogP contribution in [0.3, 0.4) is 0 Å². The van der Waals surface area contributed by atoms with Crippen LogP contribution in [0.4, 0.5) is 5.69 Å². The molecule has 1 saturated heterocycles. The summed E-state index contributed by atoms with van der Waals surface area (Å²) in [6.07, 6.45) is 2.80. The van der Waals surface area contributed by atoms with E-state index in [-0.39, 0.29) is 12.1 Å². The van der Waals surface area contributed by atoms with Crippen molar-refractivity contribution in [3.8, 4) is 5.69 Å². The fraction of sp³-hybridized carbons (Fsp3) is 0.267. The summed E-state index contributed by atoms with van der Waals surface area (Å²) < 4.78 is 2.31. The van der Waals surface area contributed by atoms with Crippen molar-refractivity contribution in [2.75, 3.05) is 18.4 Å². The molecule has 0 spiro atoms. The molecule has 2 aromatic carbocycles. The predicted octanol–water partition coefficient (Wildman–Crippen LogP) is 6.93. The number of halogens is 1. The number of thiocarbonyl (C=S) groups is 1. The molecular formula is C30H32ClN5S. The summed E-state index contributed by atoms with van der Waals surface area (Å²) in [5.74, 6) is 0. The summed E-state index contributed by atoms with van der Waals surface area (Å²) >= 11 is 12.3. The Kier molecular flexibility index (Phi) is 7.49. The zero-order valence-electron chi connectivity index (χ0n) is 21.4. The van der Waals surface area contributed by atoms with Gasteiger partial charge in [-0.2, -0.15) is 0 Å². The number of hydrogen-bond acceptors (Lipinski definition) is 3. The van der Waals surface area contributed by atoms with Gasteiger partial charge in [0.1, 0.15) is 0 Å². The van der Waals surface area contributed by atoms with Crippen molar-refractivity contribution in [1.82, 2.24) is 19.8 Å². The molecule has 0 saturated carbocycles. The molecule has 7 heteroatoms. The maximum Gasteiger partial charge on any atom is 0.170 e. The molecular weight excluding hydrogens is 498 g/mol. The number of hydrogen-bond donors (Lipinski definition) is 2. The van der Waals surface area contributed by atoms with Crippen LogP contribution in [-0.2, 0) is 0 Å². The molecule has 4 aromatic rings. The van der Waals surface area contributed by atoms with Crippen LogP contribution < -0.4 is 10.6 Å². The molecule has 2 N–H and O–H groups in total. The molecule has 0 radical (unpaired) electrons. The lowest BCUT2D eigenvalue weighted by atomic mass is 9.96. The summed E-state index contributed by atoms with van der Waals surface area (Å²) in [5.41, 5.74) is 8.01. The van der Waals surface area contributed by atoms with E-state index in [4.69, 9.17) is 28.8 Å². The third-order valence-corrected chi connectivity index (χ3v) is 7.66. The standard InChI is InChI=1S/C30H32ClN5S/c1-20-13-14-23(31)19-27(20)36-21(2)18-25(22(36)3)29-28(26-12-7-8-15-33-26)34-30(37)35(29)17-9-16-32-24-10-5-4-6-11-24/h4-8,10-15,18-19,28-29,32H,9,16-17H2,1-3H3,(H,34,37)/t28-,29+/m1/s1. The number of nitrogens with one attached hydrogen (secondary N) is 2. The van der Waals surface area contributed by atoms with Gasteiger partial charge in [0.25, 0.3) is 0 Å². The molecule has 1 fully saturated rings. The third kappa shape index (κ3) is 5.22. The molecule has 2 atom stereocenters. The lowest BCUT2D eigenvalue weighted by molar-refractivity contribution is 0.315. The van der Waals surface area contributed by atoms with Crippen LogP contribution in [0.15, 0.2) is 79.0 Å². The van der Waals surface area contributed by atoms with Crippen LogP contribution in [0, 0.1) is 20.8 Å². The van der Waals surface area contributed by atoms with Gasteiger partial charge in [-0.3, -0.25) is 4.98 Å². The van der Waals surface area contributed by atoms with Crippen molar-refractivity contribution in [2.24, 2.45) is 0 Å². The summed E-state index contributed by atoms with van der Waals surface area (Å²) in [6, 6.07) is 24.7. The molecule has 2 aromatic heterocycles. The summed E-state index contributed by atoms with van der Waals surface area (Å²) in [4.78, 5) is 7.03. The predicted molar refractivity (Wildman–Crippen MR) is 157 cm³/mol. The first-order valence-corrected chi connectivity index (χ1v) is 13.4. The maximum atomic E-state index is 6.40. The van der Waals surface area contributed by atoms with Gasteiger partial charge in [-0.1, -0.05) is 41.9 Å². The minimum absolute atomic E-state index is 0.0264. The molecule has 190 valence electrons. The number of rotatable bonds is 8. The molecule has 3 heterocycles. The van der Waals surface area contributed by atoms with Crippen LogP contribution in [0.2, 0.25) is 5.02 Å². The van der Waals surface area contributed by atoms with E-state index in [2.05, 4.69) is 71.2 Å². The monoisotopic (exact) mass is 529 g/mol.